The first-order valence-electron chi connectivity index (χ1n) is 11.2. The molecule has 35 heavy (non-hydrogen) atoms. The van der Waals surface area contributed by atoms with Crippen molar-refractivity contribution in [2.24, 2.45) is 0 Å². The summed E-state index contributed by atoms with van der Waals surface area (Å²) in [6.07, 6.45) is 0. The number of ether oxygens (including phenoxy) is 1. The number of aryl methyl sites for hydroxylation is 2. The maximum Gasteiger partial charge on any atom is 0.255 e. The highest BCUT2D eigenvalue weighted by molar-refractivity contribution is 7.98. The largest absolute Gasteiger partial charge is 0.496 e. The van der Waals surface area contributed by atoms with E-state index in [1.54, 1.807) is 37.1 Å². The number of benzene rings is 3. The monoisotopic (exact) mass is 506 g/mol. The lowest BCUT2D eigenvalue weighted by Gasteiger charge is -2.18. The van der Waals surface area contributed by atoms with Gasteiger partial charge in [0.2, 0.25) is 0 Å². The molecule has 0 saturated carbocycles. The standard InChI is InChI=1S/C27H27ClN4O2S/c1-17-9-5-6-10-20(17)16-35-27-31-30-25(32(27)23-15-21(28)14-13-18(23)2)19(3)29-26(33)22-11-7-8-12-24(22)34-4/h5-15,19H,16H2,1-4H3,(H,29,33). The Morgan fingerprint density at radius 3 is 2.57 bits per heavy atom. The number of hydrogen-bond acceptors (Lipinski definition) is 5. The molecule has 3 aromatic carbocycles. The highest BCUT2D eigenvalue weighted by Crippen LogP contribution is 2.31. The average molecular weight is 507 g/mol. The molecule has 1 unspecified atom stereocenters. The maximum absolute atomic E-state index is 13.1. The molecule has 0 bridgehead atoms. The number of thioether (sulfide) groups is 1. The van der Waals surface area contributed by atoms with Gasteiger partial charge in [-0.25, -0.2) is 0 Å². The molecule has 0 aliphatic heterocycles. The molecule has 0 aliphatic carbocycles. The first-order chi connectivity index (χ1) is 16.9. The SMILES string of the molecule is COc1ccccc1C(=O)NC(C)c1nnc(SCc2ccccc2C)n1-c1cc(Cl)ccc1C. The summed E-state index contributed by atoms with van der Waals surface area (Å²) in [7, 11) is 1.55. The van der Waals surface area contributed by atoms with Crippen LogP contribution in [0.5, 0.6) is 5.75 Å². The van der Waals surface area contributed by atoms with Crippen LogP contribution in [0, 0.1) is 13.8 Å². The number of aromatic nitrogens is 3. The summed E-state index contributed by atoms with van der Waals surface area (Å²) in [5, 5.41) is 13.4. The number of carbonyl (C=O) groups excluding carboxylic acids is 1. The van der Waals surface area contributed by atoms with Gasteiger partial charge in [0.25, 0.3) is 5.91 Å². The van der Waals surface area contributed by atoms with Crippen LogP contribution in [-0.2, 0) is 5.75 Å². The number of para-hydroxylation sites is 1. The van der Waals surface area contributed by atoms with Gasteiger partial charge in [0.1, 0.15) is 5.75 Å². The normalized spacial score (nSPS) is 11.8. The van der Waals surface area contributed by atoms with Crippen LogP contribution in [0.4, 0.5) is 0 Å². The molecule has 8 heteroatoms. The quantitative estimate of drug-likeness (QED) is 0.283. The van der Waals surface area contributed by atoms with Gasteiger partial charge >= 0.3 is 0 Å². The number of nitrogens with one attached hydrogen (secondary N) is 1. The van der Waals surface area contributed by atoms with E-state index in [-0.39, 0.29) is 5.91 Å². The summed E-state index contributed by atoms with van der Waals surface area (Å²) < 4.78 is 7.33. The summed E-state index contributed by atoms with van der Waals surface area (Å²) in [6, 6.07) is 20.7. The smallest absolute Gasteiger partial charge is 0.255 e. The second-order valence-electron chi connectivity index (χ2n) is 8.22. The molecule has 0 saturated heterocycles. The molecular weight excluding hydrogens is 480 g/mol. The molecule has 6 nitrogen and oxygen atoms in total. The summed E-state index contributed by atoms with van der Waals surface area (Å²) in [5.74, 6) is 1.62. The molecule has 1 atom stereocenters. The predicted molar refractivity (Wildman–Crippen MR) is 141 cm³/mol. The fraction of sp³-hybridized carbons (Fsp3) is 0.222. The Hall–Kier alpha value is -3.29. The van der Waals surface area contributed by atoms with E-state index in [0.717, 1.165) is 22.2 Å². The van der Waals surface area contributed by atoms with Gasteiger partial charge in [0.05, 0.1) is 24.4 Å². The van der Waals surface area contributed by atoms with Crippen molar-refractivity contribution in [2.45, 2.75) is 37.7 Å². The minimum absolute atomic E-state index is 0.249. The Morgan fingerprint density at radius 2 is 1.80 bits per heavy atom. The van der Waals surface area contributed by atoms with Crippen molar-refractivity contribution >= 4 is 29.3 Å². The van der Waals surface area contributed by atoms with Crippen LogP contribution in [-0.4, -0.2) is 27.8 Å². The molecular formula is C27H27ClN4O2S. The lowest BCUT2D eigenvalue weighted by Crippen LogP contribution is -2.29. The lowest BCUT2D eigenvalue weighted by atomic mass is 10.1. The molecule has 1 N–H and O–H groups in total. The van der Waals surface area contributed by atoms with Crippen LogP contribution < -0.4 is 10.1 Å². The minimum atomic E-state index is -0.425. The number of carbonyl (C=O) groups is 1. The zero-order valence-corrected chi connectivity index (χ0v) is 21.7. The molecule has 0 fully saturated rings. The van der Waals surface area contributed by atoms with E-state index in [0.29, 0.717) is 22.2 Å². The number of methoxy groups -OCH3 is 1. The molecule has 1 aromatic heterocycles. The van der Waals surface area contributed by atoms with Crippen LogP contribution in [0.1, 0.15) is 45.8 Å². The predicted octanol–water partition coefficient (Wildman–Crippen LogP) is 6.33. The molecule has 180 valence electrons. The molecule has 0 spiro atoms. The van der Waals surface area contributed by atoms with Gasteiger partial charge in [-0.15, -0.1) is 10.2 Å². The van der Waals surface area contributed by atoms with Gasteiger partial charge in [-0.2, -0.15) is 0 Å². The Bertz CT molecular complexity index is 1350. The average Bonchev–Trinajstić information content (AvgIpc) is 3.28. The van der Waals surface area contributed by atoms with Gasteiger partial charge < -0.3 is 10.1 Å². The van der Waals surface area contributed by atoms with E-state index >= 15 is 0 Å². The van der Waals surface area contributed by atoms with E-state index < -0.39 is 6.04 Å². The second kappa shape index (κ2) is 11.0. The van der Waals surface area contributed by atoms with E-state index in [9.17, 15) is 4.79 Å². The Balaban J connectivity index is 1.69. The van der Waals surface area contributed by atoms with Gasteiger partial charge in [-0.1, -0.05) is 65.8 Å². The van der Waals surface area contributed by atoms with Gasteiger partial charge in [-0.05, 0) is 61.7 Å². The summed E-state index contributed by atoms with van der Waals surface area (Å²) in [6.45, 7) is 6.01. The summed E-state index contributed by atoms with van der Waals surface area (Å²) >= 11 is 7.96. The van der Waals surface area contributed by atoms with E-state index in [1.165, 1.54) is 11.1 Å². The first-order valence-corrected chi connectivity index (χ1v) is 12.6. The van der Waals surface area contributed by atoms with Crippen molar-refractivity contribution in [2.75, 3.05) is 7.11 Å². The molecule has 4 rings (SSSR count). The van der Waals surface area contributed by atoms with E-state index in [1.807, 2.05) is 54.8 Å². The fourth-order valence-electron chi connectivity index (χ4n) is 3.79. The number of hydrogen-bond donors (Lipinski definition) is 1. The highest BCUT2D eigenvalue weighted by atomic mass is 35.5. The molecule has 1 amide bonds. The van der Waals surface area contributed by atoms with Crippen molar-refractivity contribution in [1.29, 1.82) is 0 Å². The number of nitrogens with zero attached hydrogens (tertiary/aromatic N) is 3. The van der Waals surface area contributed by atoms with Gasteiger partial charge in [0, 0.05) is 10.8 Å². The zero-order chi connectivity index (χ0) is 24.9. The van der Waals surface area contributed by atoms with Crippen LogP contribution >= 0.6 is 23.4 Å². The zero-order valence-electron chi connectivity index (χ0n) is 20.1. The van der Waals surface area contributed by atoms with Crippen molar-refractivity contribution in [1.82, 2.24) is 20.1 Å². The third kappa shape index (κ3) is 5.52. The molecule has 1 heterocycles. The molecule has 0 aliphatic rings. The third-order valence-electron chi connectivity index (χ3n) is 5.77. The van der Waals surface area contributed by atoms with E-state index in [4.69, 9.17) is 16.3 Å². The number of amides is 1. The lowest BCUT2D eigenvalue weighted by molar-refractivity contribution is 0.0935. The molecule has 0 radical (unpaired) electrons. The highest BCUT2D eigenvalue weighted by Gasteiger charge is 2.23. The summed E-state index contributed by atoms with van der Waals surface area (Å²) in [5.41, 5.74) is 4.82. The molecule has 4 aromatic rings. The van der Waals surface area contributed by atoms with Gasteiger partial charge in [-0.3, -0.25) is 9.36 Å². The first kappa shape index (κ1) is 24.8. The second-order valence-corrected chi connectivity index (χ2v) is 9.60. The third-order valence-corrected chi connectivity index (χ3v) is 6.99. The van der Waals surface area contributed by atoms with Crippen molar-refractivity contribution in [3.63, 3.8) is 0 Å². The number of halogens is 1. The van der Waals surface area contributed by atoms with E-state index in [2.05, 4.69) is 34.6 Å². The topological polar surface area (TPSA) is 69.0 Å². The van der Waals surface area contributed by atoms with Crippen LogP contribution in [0.25, 0.3) is 5.69 Å². The Labute approximate surface area is 214 Å². The number of rotatable bonds is 8. The minimum Gasteiger partial charge on any atom is -0.496 e. The van der Waals surface area contributed by atoms with Crippen molar-refractivity contribution in [3.05, 3.63) is 99.8 Å². The fourth-order valence-corrected chi connectivity index (χ4v) is 4.98. The Morgan fingerprint density at radius 1 is 1.06 bits per heavy atom. The van der Waals surface area contributed by atoms with Crippen LogP contribution in [0.15, 0.2) is 71.9 Å². The van der Waals surface area contributed by atoms with Crippen LogP contribution in [0.2, 0.25) is 5.02 Å². The summed E-state index contributed by atoms with van der Waals surface area (Å²) in [4.78, 5) is 13.1. The van der Waals surface area contributed by atoms with Crippen LogP contribution in [0.3, 0.4) is 0 Å². The van der Waals surface area contributed by atoms with Gasteiger partial charge in [0.15, 0.2) is 11.0 Å². The van der Waals surface area contributed by atoms with Crippen molar-refractivity contribution in [3.8, 4) is 11.4 Å². The maximum atomic E-state index is 13.1. The van der Waals surface area contributed by atoms with Crippen molar-refractivity contribution < 1.29 is 9.53 Å². The Kier molecular flexibility index (Phi) is 7.78.